The Hall–Kier alpha value is -0.880. The lowest BCUT2D eigenvalue weighted by Gasteiger charge is -2.23. The second-order valence-corrected chi connectivity index (χ2v) is 7.46. The molecule has 1 aromatic rings. The summed E-state index contributed by atoms with van der Waals surface area (Å²) in [5.74, 6) is -0.928. The molecule has 2 N–H and O–H groups in total. The normalized spacial score (nSPS) is 11.2. The van der Waals surface area contributed by atoms with Crippen LogP contribution in [-0.2, 0) is 4.79 Å². The van der Waals surface area contributed by atoms with Gasteiger partial charge in [-0.2, -0.15) is 0 Å². The Kier molecular flexibility index (Phi) is 6.87. The number of carbonyl (C=O) groups excluding carboxylic acids is 1. The lowest BCUT2D eigenvalue weighted by molar-refractivity contribution is -0.137. The van der Waals surface area contributed by atoms with E-state index in [1.54, 1.807) is 6.07 Å². The van der Waals surface area contributed by atoms with Crippen LogP contribution in [0.15, 0.2) is 27.1 Å². The predicted octanol–water partition coefficient (Wildman–Crippen LogP) is 4.22. The van der Waals surface area contributed by atoms with Crippen LogP contribution in [0, 0.1) is 5.41 Å². The van der Waals surface area contributed by atoms with E-state index in [1.807, 2.05) is 26.0 Å². The number of nitrogens with one attached hydrogen (secondary N) is 1. The highest BCUT2D eigenvalue weighted by atomic mass is 79.9. The maximum Gasteiger partial charge on any atom is 0.303 e. The zero-order chi connectivity index (χ0) is 16.0. The summed E-state index contributed by atoms with van der Waals surface area (Å²) in [4.78, 5) is 22.7. The van der Waals surface area contributed by atoms with Gasteiger partial charge in [0.15, 0.2) is 0 Å². The van der Waals surface area contributed by atoms with Crippen LogP contribution >= 0.6 is 31.9 Å². The van der Waals surface area contributed by atoms with Crippen LogP contribution < -0.4 is 5.32 Å². The summed E-state index contributed by atoms with van der Waals surface area (Å²) in [5.41, 5.74) is 0.466. The summed E-state index contributed by atoms with van der Waals surface area (Å²) >= 11 is 6.70. The SMILES string of the molecule is CC(C)(CCNC(=O)c1cc(Br)ccc1Br)CCC(=O)O. The summed E-state index contributed by atoms with van der Waals surface area (Å²) in [5, 5.41) is 11.6. The van der Waals surface area contributed by atoms with Gasteiger partial charge < -0.3 is 10.4 Å². The molecule has 0 radical (unpaired) electrons. The largest absolute Gasteiger partial charge is 0.481 e. The maximum atomic E-state index is 12.1. The van der Waals surface area contributed by atoms with Crippen molar-refractivity contribution in [3.8, 4) is 0 Å². The number of halogens is 2. The second kappa shape index (κ2) is 7.94. The molecule has 0 aliphatic heterocycles. The van der Waals surface area contributed by atoms with Crippen LogP contribution in [0.1, 0.15) is 43.5 Å². The molecular formula is C15H19Br2NO3. The van der Waals surface area contributed by atoms with E-state index < -0.39 is 5.97 Å². The molecule has 0 unspecified atom stereocenters. The van der Waals surface area contributed by atoms with Crippen LogP contribution in [0.25, 0.3) is 0 Å². The number of aliphatic carboxylic acids is 1. The quantitative estimate of drug-likeness (QED) is 0.693. The monoisotopic (exact) mass is 419 g/mol. The summed E-state index contributed by atoms with van der Waals surface area (Å²) in [6.07, 6.45) is 1.48. The minimum Gasteiger partial charge on any atom is -0.481 e. The number of carboxylic acid groups (broad SMARTS) is 1. The van der Waals surface area contributed by atoms with Crippen LogP contribution in [0.5, 0.6) is 0 Å². The van der Waals surface area contributed by atoms with Crippen molar-refractivity contribution in [3.63, 3.8) is 0 Å². The Morgan fingerprint density at radius 2 is 1.90 bits per heavy atom. The molecule has 1 amide bonds. The van der Waals surface area contributed by atoms with Gasteiger partial charge in [-0.05, 0) is 52.4 Å². The molecule has 0 aliphatic rings. The first-order valence-electron chi connectivity index (χ1n) is 6.66. The van der Waals surface area contributed by atoms with Gasteiger partial charge in [-0.15, -0.1) is 0 Å². The molecule has 0 atom stereocenters. The summed E-state index contributed by atoms with van der Waals surface area (Å²) in [6, 6.07) is 5.43. The van der Waals surface area contributed by atoms with E-state index in [-0.39, 0.29) is 17.7 Å². The molecule has 0 aromatic heterocycles. The van der Waals surface area contributed by atoms with E-state index in [0.29, 0.717) is 18.5 Å². The van der Waals surface area contributed by atoms with E-state index in [4.69, 9.17) is 5.11 Å². The van der Waals surface area contributed by atoms with Crippen molar-refractivity contribution in [3.05, 3.63) is 32.7 Å². The average Bonchev–Trinajstić information content (AvgIpc) is 2.39. The van der Waals surface area contributed by atoms with Gasteiger partial charge in [0.2, 0.25) is 0 Å². The summed E-state index contributed by atoms with van der Waals surface area (Å²) in [7, 11) is 0. The van der Waals surface area contributed by atoms with Crippen molar-refractivity contribution in [2.24, 2.45) is 5.41 Å². The molecule has 0 saturated carbocycles. The first kappa shape index (κ1) is 18.2. The molecule has 116 valence electrons. The molecule has 21 heavy (non-hydrogen) atoms. The van der Waals surface area contributed by atoms with E-state index in [2.05, 4.69) is 37.2 Å². The van der Waals surface area contributed by atoms with Crippen LogP contribution in [-0.4, -0.2) is 23.5 Å². The fourth-order valence-corrected chi connectivity index (χ4v) is 2.64. The first-order chi connectivity index (χ1) is 9.71. The molecule has 0 bridgehead atoms. The highest BCUT2D eigenvalue weighted by Gasteiger charge is 2.19. The van der Waals surface area contributed by atoms with E-state index in [0.717, 1.165) is 15.4 Å². The number of hydrogen-bond acceptors (Lipinski definition) is 2. The lowest BCUT2D eigenvalue weighted by atomic mass is 9.84. The van der Waals surface area contributed by atoms with Crippen molar-refractivity contribution < 1.29 is 14.7 Å². The van der Waals surface area contributed by atoms with Gasteiger partial charge in [0.05, 0.1) is 5.56 Å². The third kappa shape index (κ3) is 6.61. The number of carbonyl (C=O) groups is 2. The summed E-state index contributed by atoms with van der Waals surface area (Å²) < 4.78 is 1.59. The number of carboxylic acids is 1. The van der Waals surface area contributed by atoms with Gasteiger partial charge in [-0.3, -0.25) is 9.59 Å². The molecule has 0 spiro atoms. The first-order valence-corrected chi connectivity index (χ1v) is 8.25. The second-order valence-electron chi connectivity index (χ2n) is 5.69. The molecule has 1 rings (SSSR count). The standard InChI is InChI=1S/C15H19Br2NO3/c1-15(2,6-5-13(19)20)7-8-18-14(21)11-9-10(16)3-4-12(11)17/h3-4,9H,5-8H2,1-2H3,(H,18,21)(H,19,20). The molecule has 4 nitrogen and oxygen atoms in total. The van der Waals surface area contributed by atoms with Gasteiger partial charge in [0, 0.05) is 21.9 Å². The lowest BCUT2D eigenvalue weighted by Crippen LogP contribution is -2.28. The van der Waals surface area contributed by atoms with Crippen molar-refractivity contribution in [2.75, 3.05) is 6.54 Å². The van der Waals surface area contributed by atoms with E-state index >= 15 is 0 Å². The number of benzene rings is 1. The van der Waals surface area contributed by atoms with Crippen LogP contribution in [0.4, 0.5) is 0 Å². The Morgan fingerprint density at radius 1 is 1.24 bits per heavy atom. The number of rotatable bonds is 7. The van der Waals surface area contributed by atoms with Gasteiger partial charge in [-0.25, -0.2) is 0 Å². The zero-order valence-corrected chi connectivity index (χ0v) is 15.3. The zero-order valence-electron chi connectivity index (χ0n) is 12.1. The highest BCUT2D eigenvalue weighted by molar-refractivity contribution is 9.11. The molecule has 0 saturated heterocycles. The van der Waals surface area contributed by atoms with Gasteiger partial charge in [0.25, 0.3) is 5.91 Å². The predicted molar refractivity (Wildman–Crippen MR) is 89.4 cm³/mol. The molecular weight excluding hydrogens is 402 g/mol. The van der Waals surface area contributed by atoms with Crippen molar-refractivity contribution in [2.45, 2.75) is 33.1 Å². The van der Waals surface area contributed by atoms with E-state index in [1.165, 1.54) is 0 Å². The topological polar surface area (TPSA) is 66.4 Å². The highest BCUT2D eigenvalue weighted by Crippen LogP contribution is 2.26. The Morgan fingerprint density at radius 3 is 2.52 bits per heavy atom. The minimum atomic E-state index is -0.787. The van der Waals surface area contributed by atoms with Crippen LogP contribution in [0.3, 0.4) is 0 Å². The van der Waals surface area contributed by atoms with E-state index in [9.17, 15) is 9.59 Å². The Labute approximate surface area is 141 Å². The molecule has 0 aliphatic carbocycles. The fraction of sp³-hybridized carbons (Fsp3) is 0.467. The third-order valence-electron chi connectivity index (χ3n) is 3.28. The van der Waals surface area contributed by atoms with Gasteiger partial charge in [0.1, 0.15) is 0 Å². The van der Waals surface area contributed by atoms with Gasteiger partial charge >= 0.3 is 5.97 Å². The smallest absolute Gasteiger partial charge is 0.303 e. The maximum absolute atomic E-state index is 12.1. The fourth-order valence-electron chi connectivity index (χ4n) is 1.85. The number of hydrogen-bond donors (Lipinski definition) is 2. The van der Waals surface area contributed by atoms with Crippen molar-refractivity contribution >= 4 is 43.7 Å². The molecule has 6 heteroatoms. The van der Waals surface area contributed by atoms with Crippen molar-refractivity contribution in [1.82, 2.24) is 5.32 Å². The minimum absolute atomic E-state index is 0.111. The molecule has 0 fully saturated rings. The van der Waals surface area contributed by atoms with Crippen molar-refractivity contribution in [1.29, 1.82) is 0 Å². The average molecular weight is 421 g/mol. The molecule has 1 aromatic carbocycles. The van der Waals surface area contributed by atoms with Crippen LogP contribution in [0.2, 0.25) is 0 Å². The molecule has 0 heterocycles. The van der Waals surface area contributed by atoms with Gasteiger partial charge in [-0.1, -0.05) is 29.8 Å². The third-order valence-corrected chi connectivity index (χ3v) is 4.46. The Bertz CT molecular complexity index is 530. The summed E-state index contributed by atoms with van der Waals surface area (Å²) in [6.45, 7) is 4.54. The Balaban J connectivity index is 2.50. The number of amides is 1.